The summed E-state index contributed by atoms with van der Waals surface area (Å²) in [5.41, 5.74) is 1.21. The Morgan fingerprint density at radius 1 is 1.28 bits per heavy atom. The molecule has 0 aliphatic heterocycles. The number of hydrogen-bond donors (Lipinski definition) is 2. The van der Waals surface area contributed by atoms with Crippen LogP contribution in [0.3, 0.4) is 0 Å². The van der Waals surface area contributed by atoms with Crippen LogP contribution < -0.4 is 5.32 Å². The summed E-state index contributed by atoms with van der Waals surface area (Å²) in [6.07, 6.45) is -0.922. The van der Waals surface area contributed by atoms with Gasteiger partial charge in [0.2, 0.25) is 0 Å². The van der Waals surface area contributed by atoms with Crippen molar-refractivity contribution >= 4 is 28.6 Å². The van der Waals surface area contributed by atoms with Crippen molar-refractivity contribution in [3.63, 3.8) is 0 Å². The van der Waals surface area contributed by atoms with Crippen molar-refractivity contribution in [3.05, 3.63) is 63.7 Å². The number of nitrogens with zero attached hydrogens (tertiary/aromatic N) is 1. The van der Waals surface area contributed by atoms with E-state index in [9.17, 15) is 14.3 Å². The summed E-state index contributed by atoms with van der Waals surface area (Å²) in [6.45, 7) is 3.51. The van der Waals surface area contributed by atoms with Crippen molar-refractivity contribution < 1.29 is 14.3 Å². The monoisotopic (exact) mass is 376 g/mol. The summed E-state index contributed by atoms with van der Waals surface area (Å²) in [6, 6.07) is 8.97. The Morgan fingerprint density at radius 3 is 2.64 bits per heavy atom. The van der Waals surface area contributed by atoms with Crippen molar-refractivity contribution in [1.82, 2.24) is 10.3 Å². The second kappa shape index (κ2) is 7.43. The Kier molecular flexibility index (Phi) is 5.27. The molecule has 0 aliphatic carbocycles. The molecule has 7 heteroatoms. The lowest BCUT2D eigenvalue weighted by atomic mass is 10.0. The molecule has 1 aromatic carbocycles. The molecule has 3 rings (SSSR count). The quantitative estimate of drug-likeness (QED) is 0.702. The molecular formula is C18H17FN2O2S2. The summed E-state index contributed by atoms with van der Waals surface area (Å²) in [5, 5.41) is 15.9. The normalized spacial score (nSPS) is 13.4. The predicted molar refractivity (Wildman–Crippen MR) is 98.5 cm³/mol. The molecule has 0 aliphatic rings. The summed E-state index contributed by atoms with van der Waals surface area (Å²) >= 11 is 2.91. The second-order valence-electron chi connectivity index (χ2n) is 5.67. The number of aliphatic hydroxyl groups excluding tert-OH is 1. The first-order valence-electron chi connectivity index (χ1n) is 7.71. The van der Waals surface area contributed by atoms with Gasteiger partial charge < -0.3 is 10.4 Å². The van der Waals surface area contributed by atoms with Gasteiger partial charge in [-0.25, -0.2) is 9.37 Å². The van der Waals surface area contributed by atoms with Crippen molar-refractivity contribution in [3.8, 4) is 9.88 Å². The first-order chi connectivity index (χ1) is 12.0. The highest BCUT2D eigenvalue weighted by Crippen LogP contribution is 2.31. The first-order valence-corrected chi connectivity index (χ1v) is 9.41. The fourth-order valence-corrected chi connectivity index (χ4v) is 4.18. The number of amides is 1. The number of rotatable bonds is 5. The van der Waals surface area contributed by atoms with E-state index in [-0.39, 0.29) is 11.7 Å². The highest BCUT2D eigenvalue weighted by atomic mass is 32.1. The lowest BCUT2D eigenvalue weighted by Gasteiger charge is -2.20. The minimum Gasteiger partial charge on any atom is -0.386 e. The van der Waals surface area contributed by atoms with Crippen LogP contribution in [0.15, 0.2) is 41.8 Å². The van der Waals surface area contributed by atoms with Gasteiger partial charge in [-0.15, -0.1) is 22.7 Å². The molecule has 2 heterocycles. The number of hydrogen-bond acceptors (Lipinski definition) is 5. The number of aliphatic hydroxyl groups is 1. The maximum Gasteiger partial charge on any atom is 0.263 e. The molecule has 0 bridgehead atoms. The van der Waals surface area contributed by atoms with E-state index in [0.29, 0.717) is 16.1 Å². The van der Waals surface area contributed by atoms with E-state index in [1.807, 2.05) is 17.5 Å². The number of carbonyl (C=O) groups is 1. The van der Waals surface area contributed by atoms with E-state index >= 15 is 0 Å². The molecular weight excluding hydrogens is 359 g/mol. The molecule has 0 fully saturated rings. The zero-order valence-corrected chi connectivity index (χ0v) is 15.3. The number of aryl methyl sites for hydroxylation is 1. The predicted octanol–water partition coefficient (Wildman–Crippen LogP) is 4.17. The van der Waals surface area contributed by atoms with Crippen LogP contribution in [0.2, 0.25) is 0 Å². The van der Waals surface area contributed by atoms with Crippen molar-refractivity contribution in [2.45, 2.75) is 26.0 Å². The number of nitrogens with one attached hydrogen (secondary N) is 1. The van der Waals surface area contributed by atoms with E-state index in [1.165, 1.54) is 35.6 Å². The highest BCUT2D eigenvalue weighted by molar-refractivity contribution is 7.22. The van der Waals surface area contributed by atoms with Gasteiger partial charge in [0.25, 0.3) is 5.91 Å². The van der Waals surface area contributed by atoms with E-state index in [0.717, 1.165) is 9.88 Å². The van der Waals surface area contributed by atoms with Crippen LogP contribution in [0.4, 0.5) is 4.39 Å². The van der Waals surface area contributed by atoms with Crippen molar-refractivity contribution in [1.29, 1.82) is 0 Å². The number of aromatic nitrogens is 1. The Balaban J connectivity index is 1.72. The molecule has 0 radical (unpaired) electrons. The Bertz CT molecular complexity index is 860. The summed E-state index contributed by atoms with van der Waals surface area (Å²) in [4.78, 5) is 18.5. The molecule has 3 aromatic rings. The molecule has 2 unspecified atom stereocenters. The largest absolute Gasteiger partial charge is 0.386 e. The van der Waals surface area contributed by atoms with Gasteiger partial charge >= 0.3 is 0 Å². The summed E-state index contributed by atoms with van der Waals surface area (Å²) < 4.78 is 13.0. The minimum absolute atomic E-state index is 0.272. The molecule has 2 atom stereocenters. The highest BCUT2D eigenvalue weighted by Gasteiger charge is 2.22. The molecule has 25 heavy (non-hydrogen) atoms. The average molecular weight is 376 g/mol. The van der Waals surface area contributed by atoms with Gasteiger partial charge in [0.1, 0.15) is 15.7 Å². The third-order valence-corrected chi connectivity index (χ3v) is 5.97. The maximum atomic E-state index is 13.0. The molecule has 2 N–H and O–H groups in total. The number of carbonyl (C=O) groups excluding carboxylic acids is 1. The number of halogens is 1. The average Bonchev–Trinajstić information content (AvgIpc) is 3.24. The van der Waals surface area contributed by atoms with Gasteiger partial charge in [0.05, 0.1) is 22.7 Å². The van der Waals surface area contributed by atoms with Gasteiger partial charge in [-0.2, -0.15) is 0 Å². The van der Waals surface area contributed by atoms with E-state index in [4.69, 9.17) is 0 Å². The van der Waals surface area contributed by atoms with Gasteiger partial charge in [0.15, 0.2) is 0 Å². The molecule has 0 saturated carbocycles. The fraction of sp³-hybridized carbons (Fsp3) is 0.222. The first kappa shape index (κ1) is 17.7. The molecule has 0 saturated heterocycles. The van der Waals surface area contributed by atoms with Gasteiger partial charge in [-0.1, -0.05) is 18.2 Å². The van der Waals surface area contributed by atoms with Gasteiger partial charge in [-0.05, 0) is 43.0 Å². The number of benzene rings is 1. The summed E-state index contributed by atoms with van der Waals surface area (Å²) in [5.74, 6) is -0.638. The molecule has 2 aromatic heterocycles. The minimum atomic E-state index is -0.922. The topological polar surface area (TPSA) is 62.2 Å². The zero-order chi connectivity index (χ0) is 18.0. The van der Waals surface area contributed by atoms with Crippen LogP contribution in [-0.2, 0) is 0 Å². The van der Waals surface area contributed by atoms with Crippen LogP contribution in [0, 0.1) is 12.7 Å². The van der Waals surface area contributed by atoms with Gasteiger partial charge in [-0.3, -0.25) is 4.79 Å². The Labute approximate surface area is 153 Å². The zero-order valence-electron chi connectivity index (χ0n) is 13.7. The van der Waals surface area contributed by atoms with E-state index < -0.39 is 12.1 Å². The second-order valence-corrected chi connectivity index (χ2v) is 7.62. The molecule has 0 spiro atoms. The Hall–Kier alpha value is -2.09. The van der Waals surface area contributed by atoms with Crippen molar-refractivity contribution in [2.75, 3.05) is 0 Å². The third kappa shape index (κ3) is 3.95. The standard InChI is InChI=1S/C18H17FN2O2S2/c1-10(15(22)12-5-7-13(19)8-6-12)20-17(23)16-11(2)21-18(25-16)14-4-3-9-24-14/h3-10,15,22H,1-2H3,(H,20,23). The third-order valence-electron chi connectivity index (χ3n) is 3.78. The fourth-order valence-electron chi connectivity index (χ4n) is 2.41. The van der Waals surface area contributed by atoms with Crippen LogP contribution >= 0.6 is 22.7 Å². The van der Waals surface area contributed by atoms with Crippen LogP contribution in [0.25, 0.3) is 9.88 Å². The van der Waals surface area contributed by atoms with E-state index in [1.54, 1.807) is 25.2 Å². The number of thiazole rings is 1. The molecule has 130 valence electrons. The summed E-state index contributed by atoms with van der Waals surface area (Å²) in [7, 11) is 0. The SMILES string of the molecule is Cc1nc(-c2cccs2)sc1C(=O)NC(C)C(O)c1ccc(F)cc1. The smallest absolute Gasteiger partial charge is 0.263 e. The van der Waals surface area contributed by atoms with Crippen LogP contribution in [-0.4, -0.2) is 22.0 Å². The lowest BCUT2D eigenvalue weighted by molar-refractivity contribution is 0.0855. The van der Waals surface area contributed by atoms with Crippen LogP contribution in [0.5, 0.6) is 0 Å². The Morgan fingerprint density at radius 2 is 2.00 bits per heavy atom. The molecule has 1 amide bonds. The maximum absolute atomic E-state index is 13.0. The number of thiophene rings is 1. The molecule has 4 nitrogen and oxygen atoms in total. The lowest BCUT2D eigenvalue weighted by Crippen LogP contribution is -2.37. The van der Waals surface area contributed by atoms with Gasteiger partial charge in [0, 0.05) is 0 Å². The van der Waals surface area contributed by atoms with Crippen LogP contribution in [0.1, 0.15) is 34.0 Å². The van der Waals surface area contributed by atoms with E-state index in [2.05, 4.69) is 10.3 Å². The van der Waals surface area contributed by atoms with Crippen molar-refractivity contribution in [2.24, 2.45) is 0 Å².